The van der Waals surface area contributed by atoms with Crippen molar-refractivity contribution in [3.05, 3.63) is 59.7 Å². The number of ether oxygens (including phenoxy) is 2. The van der Waals surface area contributed by atoms with Crippen LogP contribution in [-0.4, -0.2) is 50.4 Å². The maximum Gasteiger partial charge on any atom is 0.0992 e. The Hall–Kier alpha value is -1.72. The highest BCUT2D eigenvalue weighted by atomic mass is 16.5. The highest BCUT2D eigenvalue weighted by molar-refractivity contribution is 5.64. The Morgan fingerprint density at radius 1 is 0.625 bits per heavy atom. The SMILES string of the molecule is CCCCCN(C)COCc1cccc(-c2cccc(COCN(C)CCCCC)c2)c1. The first-order valence-corrected chi connectivity index (χ1v) is 12.3. The second-order valence-electron chi connectivity index (χ2n) is 8.93. The van der Waals surface area contributed by atoms with Gasteiger partial charge >= 0.3 is 0 Å². The van der Waals surface area contributed by atoms with Crippen LogP contribution in [-0.2, 0) is 22.7 Å². The summed E-state index contributed by atoms with van der Waals surface area (Å²) in [7, 11) is 4.26. The minimum absolute atomic E-state index is 0.638. The largest absolute Gasteiger partial charge is 0.361 e. The van der Waals surface area contributed by atoms with Crippen molar-refractivity contribution in [2.45, 2.75) is 65.6 Å². The van der Waals surface area contributed by atoms with Crippen molar-refractivity contribution in [1.82, 2.24) is 9.80 Å². The molecule has 0 bridgehead atoms. The third-order valence-corrected chi connectivity index (χ3v) is 5.63. The molecule has 0 spiro atoms. The Bertz CT molecular complexity index is 686. The van der Waals surface area contributed by atoms with Crippen LogP contribution in [0.15, 0.2) is 48.5 Å². The number of hydrogen-bond donors (Lipinski definition) is 0. The van der Waals surface area contributed by atoms with Crippen LogP contribution in [0.1, 0.15) is 63.5 Å². The van der Waals surface area contributed by atoms with Gasteiger partial charge in [-0.25, -0.2) is 0 Å². The van der Waals surface area contributed by atoms with Crippen molar-refractivity contribution in [3.8, 4) is 11.1 Å². The zero-order valence-corrected chi connectivity index (χ0v) is 20.8. The average Bonchev–Trinajstić information content (AvgIpc) is 2.80. The summed E-state index contributed by atoms with van der Waals surface area (Å²) in [5, 5.41) is 0. The molecule has 0 N–H and O–H groups in total. The van der Waals surface area contributed by atoms with Crippen molar-refractivity contribution in [3.63, 3.8) is 0 Å². The first kappa shape index (κ1) is 26.5. The Kier molecular flexibility index (Phi) is 13.2. The van der Waals surface area contributed by atoms with Gasteiger partial charge in [0.25, 0.3) is 0 Å². The van der Waals surface area contributed by atoms with Crippen LogP contribution in [0.25, 0.3) is 11.1 Å². The normalized spacial score (nSPS) is 11.6. The third kappa shape index (κ3) is 10.7. The van der Waals surface area contributed by atoms with Gasteiger partial charge in [-0.05, 0) is 74.4 Å². The molecule has 4 nitrogen and oxygen atoms in total. The highest BCUT2D eigenvalue weighted by Gasteiger charge is 2.04. The summed E-state index contributed by atoms with van der Waals surface area (Å²) in [6.07, 6.45) is 7.55. The van der Waals surface area contributed by atoms with Gasteiger partial charge in [-0.3, -0.25) is 9.80 Å². The molecule has 178 valence electrons. The molecule has 0 amide bonds. The molecular formula is C28H44N2O2. The van der Waals surface area contributed by atoms with E-state index in [1.54, 1.807) is 0 Å². The number of nitrogens with zero attached hydrogens (tertiary/aromatic N) is 2. The molecule has 0 aliphatic heterocycles. The van der Waals surface area contributed by atoms with Crippen molar-refractivity contribution in [2.75, 3.05) is 40.6 Å². The molecule has 0 aliphatic rings. The van der Waals surface area contributed by atoms with Crippen molar-refractivity contribution < 1.29 is 9.47 Å². The average molecular weight is 441 g/mol. The molecule has 4 heteroatoms. The lowest BCUT2D eigenvalue weighted by Crippen LogP contribution is -2.22. The van der Waals surface area contributed by atoms with Crippen LogP contribution in [0, 0.1) is 0 Å². The van der Waals surface area contributed by atoms with Crippen LogP contribution in [0.4, 0.5) is 0 Å². The summed E-state index contributed by atoms with van der Waals surface area (Å²) in [6, 6.07) is 17.3. The fourth-order valence-corrected chi connectivity index (χ4v) is 3.71. The summed E-state index contributed by atoms with van der Waals surface area (Å²) in [5.41, 5.74) is 4.86. The van der Waals surface area contributed by atoms with Crippen LogP contribution in [0.5, 0.6) is 0 Å². The van der Waals surface area contributed by atoms with Gasteiger partial charge in [0.1, 0.15) is 0 Å². The molecule has 0 saturated carbocycles. The number of hydrogen-bond acceptors (Lipinski definition) is 4. The lowest BCUT2D eigenvalue weighted by atomic mass is 10.0. The van der Waals surface area contributed by atoms with Crippen LogP contribution in [0.2, 0.25) is 0 Å². The van der Waals surface area contributed by atoms with Gasteiger partial charge in [-0.15, -0.1) is 0 Å². The van der Waals surface area contributed by atoms with Gasteiger partial charge < -0.3 is 9.47 Å². The summed E-state index contributed by atoms with van der Waals surface area (Å²) >= 11 is 0. The molecule has 0 radical (unpaired) electrons. The molecular weight excluding hydrogens is 396 g/mol. The van der Waals surface area contributed by atoms with Crippen molar-refractivity contribution in [1.29, 1.82) is 0 Å². The zero-order valence-electron chi connectivity index (χ0n) is 20.8. The zero-order chi connectivity index (χ0) is 23.0. The number of rotatable bonds is 17. The first-order valence-electron chi connectivity index (χ1n) is 12.3. The van der Waals surface area contributed by atoms with E-state index in [4.69, 9.17) is 9.47 Å². The van der Waals surface area contributed by atoms with Crippen LogP contribution in [0.3, 0.4) is 0 Å². The molecule has 0 fully saturated rings. The Balaban J connectivity index is 1.82. The lowest BCUT2D eigenvalue weighted by Gasteiger charge is -2.17. The minimum atomic E-state index is 0.638. The van der Waals surface area contributed by atoms with Crippen LogP contribution < -0.4 is 0 Å². The molecule has 2 rings (SSSR count). The molecule has 0 saturated heterocycles. The van der Waals surface area contributed by atoms with Gasteiger partial charge in [0.2, 0.25) is 0 Å². The van der Waals surface area contributed by atoms with E-state index in [9.17, 15) is 0 Å². The Labute approximate surface area is 196 Å². The summed E-state index contributed by atoms with van der Waals surface area (Å²) < 4.78 is 11.9. The van der Waals surface area contributed by atoms with E-state index >= 15 is 0 Å². The molecule has 0 atom stereocenters. The molecule has 2 aromatic carbocycles. The lowest BCUT2D eigenvalue weighted by molar-refractivity contribution is 0.0316. The monoisotopic (exact) mass is 440 g/mol. The maximum absolute atomic E-state index is 5.94. The summed E-state index contributed by atoms with van der Waals surface area (Å²) in [4.78, 5) is 4.51. The van der Waals surface area contributed by atoms with Gasteiger partial charge in [0.15, 0.2) is 0 Å². The quantitative estimate of drug-likeness (QED) is 0.206. The molecule has 0 aromatic heterocycles. The molecule has 2 aromatic rings. The summed E-state index contributed by atoms with van der Waals surface area (Å²) in [5.74, 6) is 0. The van der Waals surface area contributed by atoms with Crippen molar-refractivity contribution in [2.24, 2.45) is 0 Å². The van der Waals surface area contributed by atoms with E-state index in [2.05, 4.69) is 86.3 Å². The Morgan fingerprint density at radius 2 is 1.06 bits per heavy atom. The molecule has 0 aliphatic carbocycles. The minimum Gasteiger partial charge on any atom is -0.361 e. The van der Waals surface area contributed by atoms with Crippen LogP contribution >= 0.6 is 0 Å². The third-order valence-electron chi connectivity index (χ3n) is 5.63. The Morgan fingerprint density at radius 3 is 1.47 bits per heavy atom. The van der Waals surface area contributed by atoms with E-state index in [0.717, 1.165) is 13.1 Å². The predicted molar refractivity (Wildman–Crippen MR) is 135 cm³/mol. The van der Waals surface area contributed by atoms with Gasteiger partial charge in [-0.2, -0.15) is 0 Å². The topological polar surface area (TPSA) is 24.9 Å². The number of benzene rings is 2. The second kappa shape index (κ2) is 16.0. The van der Waals surface area contributed by atoms with E-state index < -0.39 is 0 Å². The van der Waals surface area contributed by atoms with Gasteiger partial charge in [0, 0.05) is 0 Å². The molecule has 0 heterocycles. The van der Waals surface area contributed by atoms with E-state index in [-0.39, 0.29) is 0 Å². The molecule has 32 heavy (non-hydrogen) atoms. The highest BCUT2D eigenvalue weighted by Crippen LogP contribution is 2.22. The number of unbranched alkanes of at least 4 members (excludes halogenated alkanes) is 4. The fourth-order valence-electron chi connectivity index (χ4n) is 3.71. The molecule has 0 unspecified atom stereocenters. The van der Waals surface area contributed by atoms with Crippen molar-refractivity contribution >= 4 is 0 Å². The second-order valence-corrected chi connectivity index (χ2v) is 8.93. The van der Waals surface area contributed by atoms with Gasteiger partial charge in [0.05, 0.1) is 26.7 Å². The fraction of sp³-hybridized carbons (Fsp3) is 0.571. The predicted octanol–water partition coefficient (Wildman–Crippen LogP) is 6.55. The van der Waals surface area contributed by atoms with Gasteiger partial charge in [-0.1, -0.05) is 75.9 Å². The van der Waals surface area contributed by atoms with E-state index in [0.29, 0.717) is 26.7 Å². The maximum atomic E-state index is 5.94. The smallest absolute Gasteiger partial charge is 0.0992 e. The van der Waals surface area contributed by atoms with E-state index in [1.165, 1.54) is 60.8 Å². The van der Waals surface area contributed by atoms with E-state index in [1.807, 2.05) is 0 Å². The first-order chi connectivity index (χ1) is 15.6. The summed E-state index contributed by atoms with van der Waals surface area (Å²) in [6.45, 7) is 9.29. The standard InChI is InChI=1S/C28H44N2O2/c1-5-7-9-17-29(3)23-31-21-25-13-11-15-27(19-25)28-16-12-14-26(20-28)22-32-24-30(4)18-10-8-6-2/h11-16,19-20H,5-10,17-18,21-24H2,1-4H3.